The monoisotopic (exact) mass is 596 g/mol. The Labute approximate surface area is 252 Å². The van der Waals surface area contributed by atoms with E-state index in [1.54, 1.807) is 6.07 Å². The van der Waals surface area contributed by atoms with Crippen LogP contribution >= 0.6 is 23.2 Å². The molecule has 2 aliphatic rings. The number of halogens is 2. The van der Waals surface area contributed by atoms with Crippen molar-refractivity contribution in [1.29, 1.82) is 0 Å². The van der Waals surface area contributed by atoms with Crippen LogP contribution in [0, 0.1) is 5.92 Å². The zero-order valence-electron chi connectivity index (χ0n) is 24.1. The molecule has 3 atom stereocenters. The zero-order valence-corrected chi connectivity index (χ0v) is 25.6. The molecule has 0 amide bonds. The second-order valence-corrected chi connectivity index (χ2v) is 12.4. The second kappa shape index (κ2) is 12.5. The molecule has 0 unspecified atom stereocenters. The van der Waals surface area contributed by atoms with Gasteiger partial charge in [0.25, 0.3) is 0 Å². The maximum absolute atomic E-state index is 12.1. The van der Waals surface area contributed by atoms with Gasteiger partial charge >= 0.3 is 5.97 Å². The number of nitrogens with zero attached hydrogens (tertiary/aromatic N) is 2. The third kappa shape index (κ3) is 6.61. The second-order valence-electron chi connectivity index (χ2n) is 11.5. The van der Waals surface area contributed by atoms with E-state index in [9.17, 15) is 9.90 Å². The fourth-order valence-electron chi connectivity index (χ4n) is 5.86. The number of hydrogen-bond acceptors (Lipinski definition) is 5. The Balaban J connectivity index is 1.35. The summed E-state index contributed by atoms with van der Waals surface area (Å²) in [6.45, 7) is 8.51. The van der Waals surface area contributed by atoms with Gasteiger partial charge < -0.3 is 19.5 Å². The average molecular weight is 598 g/mol. The third-order valence-electron chi connectivity index (χ3n) is 8.02. The van der Waals surface area contributed by atoms with Crippen LogP contribution in [0.4, 0.5) is 5.69 Å². The van der Waals surface area contributed by atoms with Crippen molar-refractivity contribution in [2.45, 2.75) is 64.8 Å². The first-order valence-electron chi connectivity index (χ1n) is 14.3. The van der Waals surface area contributed by atoms with Gasteiger partial charge in [-0.1, -0.05) is 62.2 Å². The summed E-state index contributed by atoms with van der Waals surface area (Å²) in [5, 5.41) is 11.0. The smallest absolute Gasteiger partial charge is 0.321 e. The van der Waals surface area contributed by atoms with Crippen LogP contribution in [-0.4, -0.2) is 42.2 Å². The van der Waals surface area contributed by atoms with Crippen molar-refractivity contribution in [2.24, 2.45) is 5.92 Å². The lowest BCUT2D eigenvalue weighted by Gasteiger charge is -2.36. The SMILES string of the molecule is CC[C@@H](Oc1ccc([C@H]2CCN(C)c3cc4c(cc3O2)CN(CC(C)C)[C@H](C(=O)O)C4)cc1)c1ccc(Cl)c(Cl)c1. The molecule has 0 saturated carbocycles. The maximum atomic E-state index is 12.1. The number of fused-ring (bicyclic) bond motifs is 2. The van der Waals surface area contributed by atoms with Gasteiger partial charge in [-0.25, -0.2) is 0 Å². The Morgan fingerprint density at radius 3 is 2.49 bits per heavy atom. The van der Waals surface area contributed by atoms with Gasteiger partial charge in [0, 0.05) is 33.1 Å². The lowest BCUT2D eigenvalue weighted by molar-refractivity contribution is -0.144. The zero-order chi connectivity index (χ0) is 29.3. The first kappa shape index (κ1) is 29.6. The predicted molar refractivity (Wildman–Crippen MR) is 165 cm³/mol. The van der Waals surface area contributed by atoms with Gasteiger partial charge in [-0.15, -0.1) is 0 Å². The number of aliphatic carboxylic acids is 1. The number of anilines is 1. The number of ether oxygens (including phenoxy) is 2. The summed E-state index contributed by atoms with van der Waals surface area (Å²) in [6, 6.07) is 17.5. The van der Waals surface area contributed by atoms with E-state index in [1.807, 2.05) is 24.3 Å². The van der Waals surface area contributed by atoms with Crippen LogP contribution in [-0.2, 0) is 17.8 Å². The van der Waals surface area contributed by atoms with E-state index >= 15 is 0 Å². The summed E-state index contributed by atoms with van der Waals surface area (Å²) >= 11 is 12.3. The van der Waals surface area contributed by atoms with Crippen LogP contribution in [0.5, 0.6) is 11.5 Å². The largest absolute Gasteiger partial charge is 0.486 e. The van der Waals surface area contributed by atoms with Crippen LogP contribution in [0.1, 0.15) is 68.1 Å². The molecule has 0 aromatic heterocycles. The first-order chi connectivity index (χ1) is 19.6. The van der Waals surface area contributed by atoms with Crippen molar-refractivity contribution >= 4 is 34.9 Å². The van der Waals surface area contributed by atoms with Crippen molar-refractivity contribution in [3.8, 4) is 11.5 Å². The summed E-state index contributed by atoms with van der Waals surface area (Å²) in [5.74, 6) is 1.25. The minimum Gasteiger partial charge on any atom is -0.486 e. The molecule has 2 aliphatic heterocycles. The van der Waals surface area contributed by atoms with Crippen molar-refractivity contribution < 1.29 is 19.4 Å². The standard InChI is InChI=1S/C33H38Cl2N2O4/c1-5-30(22-8-11-26(34)27(35)14-22)40-25-9-6-21(7-10-25)31-12-13-36(4)28-15-23-16-29(33(38)39)37(18-20(2)3)19-24(23)17-32(28)41-31/h6-11,14-15,17,20,29-31H,5,12-13,16,18-19H2,1-4H3,(H,38,39)/t29-,30+,31+/m0/s1. The molecule has 3 aromatic rings. The van der Waals surface area contributed by atoms with Crippen LogP contribution in [0.15, 0.2) is 54.6 Å². The molecular formula is C33H38Cl2N2O4. The molecule has 0 bridgehead atoms. The van der Waals surface area contributed by atoms with Crippen LogP contribution in [0.2, 0.25) is 10.0 Å². The van der Waals surface area contributed by atoms with Crippen molar-refractivity contribution in [1.82, 2.24) is 4.90 Å². The summed E-state index contributed by atoms with van der Waals surface area (Å²) < 4.78 is 13.0. The van der Waals surface area contributed by atoms with Gasteiger partial charge in [-0.3, -0.25) is 9.69 Å². The van der Waals surface area contributed by atoms with Crippen molar-refractivity contribution in [3.63, 3.8) is 0 Å². The summed E-state index contributed by atoms with van der Waals surface area (Å²) in [6.07, 6.45) is 1.89. The fourth-order valence-corrected chi connectivity index (χ4v) is 6.16. The van der Waals surface area contributed by atoms with Crippen molar-refractivity contribution in [2.75, 3.05) is 25.0 Å². The molecule has 2 heterocycles. The normalized spacial score (nSPS) is 19.6. The van der Waals surface area contributed by atoms with Gasteiger partial charge in [0.05, 0.1) is 15.7 Å². The molecule has 0 spiro atoms. The molecule has 0 aliphatic carbocycles. The molecule has 0 saturated heterocycles. The summed E-state index contributed by atoms with van der Waals surface area (Å²) in [5.41, 5.74) is 5.33. The molecule has 3 aromatic carbocycles. The number of hydrogen-bond donors (Lipinski definition) is 1. The first-order valence-corrected chi connectivity index (χ1v) is 15.1. The highest BCUT2D eigenvalue weighted by molar-refractivity contribution is 6.42. The van der Waals surface area contributed by atoms with E-state index in [-0.39, 0.29) is 12.2 Å². The maximum Gasteiger partial charge on any atom is 0.321 e. The van der Waals surface area contributed by atoms with Crippen LogP contribution < -0.4 is 14.4 Å². The number of carboxylic acid groups (broad SMARTS) is 1. The Morgan fingerprint density at radius 2 is 1.83 bits per heavy atom. The third-order valence-corrected chi connectivity index (χ3v) is 8.76. The van der Waals surface area contributed by atoms with E-state index in [0.717, 1.165) is 65.4 Å². The van der Waals surface area contributed by atoms with E-state index in [1.165, 1.54) is 0 Å². The van der Waals surface area contributed by atoms with Crippen LogP contribution in [0.25, 0.3) is 0 Å². The molecule has 6 nitrogen and oxygen atoms in total. The topological polar surface area (TPSA) is 62.2 Å². The molecule has 0 radical (unpaired) electrons. The lowest BCUT2D eigenvalue weighted by atomic mass is 9.92. The predicted octanol–water partition coefficient (Wildman–Crippen LogP) is 7.95. The molecule has 8 heteroatoms. The van der Waals surface area contributed by atoms with Crippen LogP contribution in [0.3, 0.4) is 0 Å². The average Bonchev–Trinajstić information content (AvgIpc) is 3.10. The summed E-state index contributed by atoms with van der Waals surface area (Å²) in [7, 11) is 2.07. The van der Waals surface area contributed by atoms with E-state index in [4.69, 9.17) is 32.7 Å². The highest BCUT2D eigenvalue weighted by atomic mass is 35.5. The molecule has 41 heavy (non-hydrogen) atoms. The number of carbonyl (C=O) groups is 1. The Hall–Kier alpha value is -2.93. The fraction of sp³-hybridized carbons (Fsp3) is 0.424. The van der Waals surface area contributed by atoms with Crippen molar-refractivity contribution in [3.05, 3.63) is 86.9 Å². The highest BCUT2D eigenvalue weighted by Gasteiger charge is 2.33. The quantitative estimate of drug-likeness (QED) is 0.284. The van der Waals surface area contributed by atoms with E-state index in [2.05, 4.69) is 61.9 Å². The number of rotatable bonds is 8. The summed E-state index contributed by atoms with van der Waals surface area (Å²) in [4.78, 5) is 16.4. The lowest BCUT2D eigenvalue weighted by Crippen LogP contribution is -2.47. The Morgan fingerprint density at radius 1 is 1.07 bits per heavy atom. The number of benzene rings is 3. The molecule has 0 fully saturated rings. The van der Waals surface area contributed by atoms with Gasteiger partial charge in [-0.05, 0) is 77.4 Å². The molecule has 218 valence electrons. The number of carboxylic acids is 1. The highest BCUT2D eigenvalue weighted by Crippen LogP contribution is 2.41. The minimum absolute atomic E-state index is 0.107. The Bertz CT molecular complexity index is 1390. The molecule has 1 N–H and O–H groups in total. The van der Waals surface area contributed by atoms with Gasteiger partial charge in [0.2, 0.25) is 0 Å². The van der Waals surface area contributed by atoms with Gasteiger partial charge in [0.1, 0.15) is 29.7 Å². The van der Waals surface area contributed by atoms with Gasteiger partial charge in [-0.2, -0.15) is 0 Å². The minimum atomic E-state index is -0.759. The molecular weight excluding hydrogens is 559 g/mol. The Kier molecular flexibility index (Phi) is 9.03. The molecule has 5 rings (SSSR count). The van der Waals surface area contributed by atoms with E-state index in [0.29, 0.717) is 28.9 Å². The van der Waals surface area contributed by atoms with Gasteiger partial charge in [0.15, 0.2) is 0 Å². The van der Waals surface area contributed by atoms with E-state index < -0.39 is 12.0 Å².